The molecule has 0 amide bonds. The Balaban J connectivity index is 2.14. The van der Waals surface area contributed by atoms with Crippen molar-refractivity contribution in [2.45, 2.75) is 50.5 Å². The van der Waals surface area contributed by atoms with Gasteiger partial charge in [0.25, 0.3) is 0 Å². The van der Waals surface area contributed by atoms with Crippen molar-refractivity contribution in [1.82, 2.24) is 4.98 Å². The molecule has 3 nitrogen and oxygen atoms in total. The van der Waals surface area contributed by atoms with Crippen LogP contribution in [0.2, 0.25) is 0 Å². The normalized spacial score (nSPS) is 13.6. The van der Waals surface area contributed by atoms with Gasteiger partial charge < -0.3 is 5.11 Å². The minimum absolute atomic E-state index is 0.386. The lowest BCUT2D eigenvalue weighted by Crippen LogP contribution is -2.04. The smallest absolute Gasteiger partial charge is 0.338 e. The van der Waals surface area contributed by atoms with E-state index in [-0.39, 0.29) is 0 Å². The molecule has 1 aromatic heterocycles. The van der Waals surface area contributed by atoms with E-state index < -0.39 is 5.97 Å². The first-order valence-corrected chi connectivity index (χ1v) is 7.59. The number of thioether (sulfide) groups is 1. The van der Waals surface area contributed by atoms with Crippen molar-refractivity contribution in [2.24, 2.45) is 0 Å². The third-order valence-electron chi connectivity index (χ3n) is 3.23. The van der Waals surface area contributed by atoms with Crippen LogP contribution in [-0.2, 0) is 12.8 Å². The molecule has 0 aliphatic heterocycles. The molecule has 0 saturated carbocycles. The lowest BCUT2D eigenvalue weighted by molar-refractivity contribution is 0.0692. The summed E-state index contributed by atoms with van der Waals surface area (Å²) in [7, 11) is 0. The number of hydrogen-bond acceptors (Lipinski definition) is 3. The minimum Gasteiger partial charge on any atom is -0.478 e. The summed E-state index contributed by atoms with van der Waals surface area (Å²) in [4.78, 5) is 15.8. The number of aryl methyl sites for hydroxylation is 2. The number of carboxylic acid groups (broad SMARTS) is 1. The monoisotopic (exact) mass is 265 g/mol. The number of aromatic carboxylic acids is 1. The highest BCUT2D eigenvalue weighted by Gasteiger charge is 2.19. The lowest BCUT2D eigenvalue weighted by atomic mass is 10.1. The Bertz CT molecular complexity index is 446. The number of nitrogens with zero attached hydrogens (tertiary/aromatic N) is 1. The van der Waals surface area contributed by atoms with E-state index in [1.54, 1.807) is 11.8 Å². The molecule has 0 bridgehead atoms. The summed E-state index contributed by atoms with van der Waals surface area (Å²) in [5.41, 5.74) is 2.63. The summed E-state index contributed by atoms with van der Waals surface area (Å²) in [5.74, 6) is 0.107. The van der Waals surface area contributed by atoms with Crippen molar-refractivity contribution < 1.29 is 9.90 Å². The summed E-state index contributed by atoms with van der Waals surface area (Å²) < 4.78 is 0. The Labute approximate surface area is 112 Å². The molecular weight excluding hydrogens is 246 g/mol. The molecule has 98 valence electrons. The van der Waals surface area contributed by atoms with Crippen LogP contribution < -0.4 is 0 Å². The molecule has 0 atom stereocenters. The minimum atomic E-state index is -0.852. The number of aromatic nitrogens is 1. The Morgan fingerprint density at radius 3 is 3.00 bits per heavy atom. The number of pyridine rings is 1. The van der Waals surface area contributed by atoms with Crippen molar-refractivity contribution in [1.29, 1.82) is 0 Å². The maximum absolute atomic E-state index is 11.3. The van der Waals surface area contributed by atoms with E-state index >= 15 is 0 Å². The van der Waals surface area contributed by atoms with E-state index in [4.69, 9.17) is 0 Å². The highest BCUT2D eigenvalue weighted by atomic mass is 32.2. The summed E-state index contributed by atoms with van der Waals surface area (Å²) >= 11 is 1.59. The van der Waals surface area contributed by atoms with Crippen LogP contribution in [0, 0.1) is 0 Å². The van der Waals surface area contributed by atoms with Crippen LogP contribution in [0.4, 0.5) is 0 Å². The molecular formula is C14H19NO2S. The van der Waals surface area contributed by atoms with Gasteiger partial charge >= 0.3 is 5.97 Å². The summed E-state index contributed by atoms with van der Waals surface area (Å²) in [5, 5.41) is 9.95. The summed E-state index contributed by atoms with van der Waals surface area (Å²) in [6.07, 6.45) is 6.58. The molecule has 0 unspecified atom stereocenters. The fraction of sp³-hybridized carbons (Fsp3) is 0.571. The van der Waals surface area contributed by atoms with Gasteiger partial charge in [0.05, 0.1) is 5.56 Å². The standard InChI is InChI=1S/C14H19NO2S/c1-2-3-4-8-18-13-11(14(16)17)9-10-6-5-7-12(10)15-13/h9H,2-8H2,1H3,(H,16,17). The number of carbonyl (C=O) groups is 1. The molecule has 4 heteroatoms. The molecule has 1 heterocycles. The molecule has 0 fully saturated rings. The van der Waals surface area contributed by atoms with Crippen molar-refractivity contribution in [2.75, 3.05) is 5.75 Å². The first-order chi connectivity index (χ1) is 8.72. The van der Waals surface area contributed by atoms with E-state index in [1.807, 2.05) is 6.07 Å². The van der Waals surface area contributed by atoms with Crippen LogP contribution in [-0.4, -0.2) is 21.8 Å². The molecule has 18 heavy (non-hydrogen) atoms. The third kappa shape index (κ3) is 3.05. The topological polar surface area (TPSA) is 50.2 Å². The highest BCUT2D eigenvalue weighted by Crippen LogP contribution is 2.28. The van der Waals surface area contributed by atoms with Crippen molar-refractivity contribution in [3.63, 3.8) is 0 Å². The quantitative estimate of drug-likeness (QED) is 0.631. The average molecular weight is 265 g/mol. The molecule has 1 aliphatic carbocycles. The first kappa shape index (κ1) is 13.4. The summed E-state index contributed by atoms with van der Waals surface area (Å²) in [6, 6.07) is 1.83. The van der Waals surface area contributed by atoms with E-state index in [1.165, 1.54) is 12.8 Å². The zero-order valence-electron chi connectivity index (χ0n) is 10.7. The third-order valence-corrected chi connectivity index (χ3v) is 4.31. The van der Waals surface area contributed by atoms with Crippen LogP contribution >= 0.6 is 11.8 Å². The molecule has 0 radical (unpaired) electrons. The number of carboxylic acids is 1. The zero-order valence-corrected chi connectivity index (χ0v) is 11.6. The fourth-order valence-electron chi connectivity index (χ4n) is 2.24. The van der Waals surface area contributed by atoms with Crippen LogP contribution in [0.1, 0.15) is 54.2 Å². The van der Waals surface area contributed by atoms with E-state index in [0.717, 1.165) is 42.7 Å². The predicted molar refractivity (Wildman–Crippen MR) is 73.5 cm³/mol. The van der Waals surface area contributed by atoms with Gasteiger partial charge in [0.2, 0.25) is 0 Å². The average Bonchev–Trinajstić information content (AvgIpc) is 2.80. The number of rotatable bonds is 6. The molecule has 1 N–H and O–H groups in total. The highest BCUT2D eigenvalue weighted by molar-refractivity contribution is 7.99. The maximum atomic E-state index is 11.3. The van der Waals surface area contributed by atoms with Crippen molar-refractivity contribution in [3.05, 3.63) is 22.9 Å². The van der Waals surface area contributed by atoms with Gasteiger partial charge in [-0.05, 0) is 43.1 Å². The molecule has 1 aromatic rings. The molecule has 2 rings (SSSR count). The van der Waals surface area contributed by atoms with Gasteiger partial charge in [0.1, 0.15) is 5.03 Å². The van der Waals surface area contributed by atoms with E-state index in [0.29, 0.717) is 10.6 Å². The fourth-order valence-corrected chi connectivity index (χ4v) is 3.26. The second kappa shape index (κ2) is 6.23. The van der Waals surface area contributed by atoms with Crippen LogP contribution in [0.5, 0.6) is 0 Å². The predicted octanol–water partition coefficient (Wildman–Crippen LogP) is 3.55. The van der Waals surface area contributed by atoms with Crippen LogP contribution in [0.25, 0.3) is 0 Å². The van der Waals surface area contributed by atoms with Gasteiger partial charge in [-0.15, -0.1) is 11.8 Å². The molecule has 0 spiro atoms. The van der Waals surface area contributed by atoms with Crippen molar-refractivity contribution in [3.8, 4) is 0 Å². The van der Waals surface area contributed by atoms with E-state index in [2.05, 4.69) is 11.9 Å². The second-order valence-corrected chi connectivity index (χ2v) is 5.74. The molecule has 0 saturated heterocycles. The lowest BCUT2D eigenvalue weighted by Gasteiger charge is -2.08. The Hall–Kier alpha value is -1.03. The SMILES string of the molecule is CCCCCSc1nc2c(cc1C(=O)O)CCC2. The number of unbranched alkanes of at least 4 members (excludes halogenated alkanes) is 2. The number of fused-ring (bicyclic) bond motifs is 1. The Morgan fingerprint density at radius 2 is 2.28 bits per heavy atom. The van der Waals surface area contributed by atoms with Crippen LogP contribution in [0.3, 0.4) is 0 Å². The Kier molecular flexibility index (Phi) is 4.64. The van der Waals surface area contributed by atoms with Crippen molar-refractivity contribution >= 4 is 17.7 Å². The number of hydrogen-bond donors (Lipinski definition) is 1. The maximum Gasteiger partial charge on any atom is 0.338 e. The zero-order chi connectivity index (χ0) is 13.0. The van der Waals surface area contributed by atoms with Gasteiger partial charge in [-0.3, -0.25) is 0 Å². The first-order valence-electron chi connectivity index (χ1n) is 6.61. The Morgan fingerprint density at radius 1 is 1.44 bits per heavy atom. The van der Waals surface area contributed by atoms with Gasteiger partial charge in [-0.1, -0.05) is 19.8 Å². The van der Waals surface area contributed by atoms with Gasteiger partial charge in [-0.2, -0.15) is 0 Å². The van der Waals surface area contributed by atoms with Crippen LogP contribution in [0.15, 0.2) is 11.1 Å². The second-order valence-electron chi connectivity index (χ2n) is 4.66. The van der Waals surface area contributed by atoms with Gasteiger partial charge in [-0.25, -0.2) is 9.78 Å². The largest absolute Gasteiger partial charge is 0.478 e. The van der Waals surface area contributed by atoms with Gasteiger partial charge in [0.15, 0.2) is 0 Å². The van der Waals surface area contributed by atoms with E-state index in [9.17, 15) is 9.90 Å². The molecule has 0 aromatic carbocycles. The van der Waals surface area contributed by atoms with Gasteiger partial charge in [0, 0.05) is 5.69 Å². The summed E-state index contributed by atoms with van der Waals surface area (Å²) in [6.45, 7) is 2.17. The molecule has 1 aliphatic rings.